The molecule has 1 aromatic rings. The second-order valence-electron chi connectivity index (χ2n) is 4.11. The Kier molecular flexibility index (Phi) is 4.90. The Bertz CT molecular complexity index is 317. The number of likely N-dealkylation sites (N-methyl/N-ethyl adjacent to an activating group) is 1. The van der Waals surface area contributed by atoms with Gasteiger partial charge in [-0.25, -0.2) is 4.39 Å². The van der Waals surface area contributed by atoms with Crippen LogP contribution in [0.4, 0.5) is 4.39 Å². The molecule has 0 bridgehead atoms. The Labute approximate surface area is 97.3 Å². The van der Waals surface area contributed by atoms with E-state index in [0.29, 0.717) is 5.56 Å². The summed E-state index contributed by atoms with van der Waals surface area (Å²) in [5, 5.41) is 0. The lowest BCUT2D eigenvalue weighted by atomic mass is 9.96. The first-order valence-corrected chi connectivity index (χ1v) is 5.82. The lowest BCUT2D eigenvalue weighted by Gasteiger charge is -2.32. The standard InChI is InChI=1S/C13H21FN2/c1-4-12(15)13(16(3)5-2)10-8-6-7-9-11(10)14/h6-9,12-13H,4-5,15H2,1-3H3. The molecule has 1 rings (SSSR count). The summed E-state index contributed by atoms with van der Waals surface area (Å²) in [6.45, 7) is 4.94. The van der Waals surface area contributed by atoms with Crippen LogP contribution in [0.25, 0.3) is 0 Å². The lowest BCUT2D eigenvalue weighted by Crippen LogP contribution is -2.39. The van der Waals surface area contributed by atoms with Gasteiger partial charge in [-0.1, -0.05) is 32.0 Å². The van der Waals surface area contributed by atoms with E-state index in [1.165, 1.54) is 6.07 Å². The van der Waals surface area contributed by atoms with E-state index in [9.17, 15) is 4.39 Å². The maximum Gasteiger partial charge on any atom is 0.128 e. The molecule has 90 valence electrons. The quantitative estimate of drug-likeness (QED) is 0.833. The molecule has 0 saturated carbocycles. The van der Waals surface area contributed by atoms with E-state index in [2.05, 4.69) is 11.8 Å². The van der Waals surface area contributed by atoms with Gasteiger partial charge in [-0.15, -0.1) is 0 Å². The second kappa shape index (κ2) is 5.97. The fourth-order valence-corrected chi connectivity index (χ4v) is 1.93. The van der Waals surface area contributed by atoms with Crippen molar-refractivity contribution in [2.24, 2.45) is 5.73 Å². The summed E-state index contributed by atoms with van der Waals surface area (Å²) >= 11 is 0. The summed E-state index contributed by atoms with van der Waals surface area (Å²) in [6, 6.07) is 6.80. The van der Waals surface area contributed by atoms with E-state index in [1.807, 2.05) is 26.1 Å². The van der Waals surface area contributed by atoms with Gasteiger partial charge in [0, 0.05) is 11.6 Å². The van der Waals surface area contributed by atoms with Crippen LogP contribution in [0.3, 0.4) is 0 Å². The molecule has 0 aliphatic heterocycles. The SMILES string of the molecule is CCC(N)C(c1ccccc1F)N(C)CC. The third-order valence-corrected chi connectivity index (χ3v) is 3.07. The Morgan fingerprint density at radius 3 is 2.44 bits per heavy atom. The number of benzene rings is 1. The minimum Gasteiger partial charge on any atom is -0.326 e. The third-order valence-electron chi connectivity index (χ3n) is 3.07. The highest BCUT2D eigenvalue weighted by Crippen LogP contribution is 2.25. The van der Waals surface area contributed by atoms with Gasteiger partial charge in [0.15, 0.2) is 0 Å². The molecule has 0 aliphatic rings. The zero-order valence-corrected chi connectivity index (χ0v) is 10.3. The number of hydrogen-bond acceptors (Lipinski definition) is 2. The van der Waals surface area contributed by atoms with E-state index in [1.54, 1.807) is 6.07 Å². The van der Waals surface area contributed by atoms with Crippen LogP contribution in [0, 0.1) is 5.82 Å². The van der Waals surface area contributed by atoms with Crippen LogP contribution in [-0.2, 0) is 0 Å². The Morgan fingerprint density at radius 2 is 1.94 bits per heavy atom. The highest BCUT2D eigenvalue weighted by Gasteiger charge is 2.24. The molecular formula is C13H21FN2. The van der Waals surface area contributed by atoms with Crippen molar-refractivity contribution in [3.05, 3.63) is 35.6 Å². The van der Waals surface area contributed by atoms with Crippen molar-refractivity contribution >= 4 is 0 Å². The van der Waals surface area contributed by atoms with Crippen molar-refractivity contribution < 1.29 is 4.39 Å². The molecule has 0 saturated heterocycles. The van der Waals surface area contributed by atoms with Crippen LogP contribution in [0.2, 0.25) is 0 Å². The molecule has 0 amide bonds. The fourth-order valence-electron chi connectivity index (χ4n) is 1.93. The Morgan fingerprint density at radius 1 is 1.31 bits per heavy atom. The van der Waals surface area contributed by atoms with E-state index in [4.69, 9.17) is 5.73 Å². The predicted octanol–water partition coefficient (Wildman–Crippen LogP) is 2.56. The van der Waals surface area contributed by atoms with Gasteiger partial charge in [-0.2, -0.15) is 0 Å². The summed E-state index contributed by atoms with van der Waals surface area (Å²) in [4.78, 5) is 2.09. The smallest absolute Gasteiger partial charge is 0.128 e. The predicted molar refractivity (Wildman–Crippen MR) is 65.7 cm³/mol. The van der Waals surface area contributed by atoms with Gasteiger partial charge in [0.1, 0.15) is 5.82 Å². The molecule has 16 heavy (non-hydrogen) atoms. The van der Waals surface area contributed by atoms with Gasteiger partial charge < -0.3 is 5.73 Å². The number of hydrogen-bond donors (Lipinski definition) is 1. The molecule has 0 aromatic heterocycles. The molecule has 1 aromatic carbocycles. The average Bonchev–Trinajstić information content (AvgIpc) is 2.31. The summed E-state index contributed by atoms with van der Waals surface area (Å²) in [6.07, 6.45) is 0.837. The molecule has 2 N–H and O–H groups in total. The van der Waals surface area contributed by atoms with Gasteiger partial charge in [0.2, 0.25) is 0 Å². The van der Waals surface area contributed by atoms with Gasteiger partial charge >= 0.3 is 0 Å². The Balaban J connectivity index is 3.06. The molecule has 0 aliphatic carbocycles. The van der Waals surface area contributed by atoms with Crippen LogP contribution >= 0.6 is 0 Å². The van der Waals surface area contributed by atoms with Crippen molar-refractivity contribution in [3.8, 4) is 0 Å². The summed E-state index contributed by atoms with van der Waals surface area (Å²) in [5.74, 6) is -0.170. The topological polar surface area (TPSA) is 29.3 Å². The molecule has 2 unspecified atom stereocenters. The molecule has 3 heteroatoms. The summed E-state index contributed by atoms with van der Waals surface area (Å²) < 4.78 is 13.8. The molecule has 0 heterocycles. The van der Waals surface area contributed by atoms with E-state index in [-0.39, 0.29) is 17.9 Å². The van der Waals surface area contributed by atoms with E-state index >= 15 is 0 Å². The van der Waals surface area contributed by atoms with Crippen molar-refractivity contribution in [3.63, 3.8) is 0 Å². The molecule has 0 fully saturated rings. The highest BCUT2D eigenvalue weighted by molar-refractivity contribution is 5.22. The van der Waals surface area contributed by atoms with Gasteiger partial charge in [0.05, 0.1) is 6.04 Å². The zero-order valence-electron chi connectivity index (χ0n) is 10.3. The van der Waals surface area contributed by atoms with Crippen LogP contribution in [0.15, 0.2) is 24.3 Å². The van der Waals surface area contributed by atoms with Crippen LogP contribution in [-0.4, -0.2) is 24.5 Å². The Hall–Kier alpha value is -0.930. The first-order valence-electron chi connectivity index (χ1n) is 5.82. The minimum absolute atomic E-state index is 0.0400. The van der Waals surface area contributed by atoms with E-state index < -0.39 is 0 Å². The molecule has 2 nitrogen and oxygen atoms in total. The highest BCUT2D eigenvalue weighted by atomic mass is 19.1. The normalized spacial score (nSPS) is 15.1. The lowest BCUT2D eigenvalue weighted by molar-refractivity contribution is 0.215. The second-order valence-corrected chi connectivity index (χ2v) is 4.11. The van der Waals surface area contributed by atoms with Gasteiger partial charge in [-0.05, 0) is 26.1 Å². The van der Waals surface area contributed by atoms with Crippen LogP contribution in [0.1, 0.15) is 31.9 Å². The fraction of sp³-hybridized carbons (Fsp3) is 0.538. The average molecular weight is 224 g/mol. The largest absolute Gasteiger partial charge is 0.326 e. The maximum atomic E-state index is 13.8. The molecular weight excluding hydrogens is 203 g/mol. The van der Waals surface area contributed by atoms with Crippen LogP contribution in [0.5, 0.6) is 0 Å². The van der Waals surface area contributed by atoms with Crippen molar-refractivity contribution in [1.82, 2.24) is 4.90 Å². The zero-order chi connectivity index (χ0) is 12.1. The van der Waals surface area contributed by atoms with Crippen molar-refractivity contribution in [2.45, 2.75) is 32.4 Å². The molecule has 0 spiro atoms. The molecule has 0 radical (unpaired) electrons. The number of rotatable bonds is 5. The van der Waals surface area contributed by atoms with Gasteiger partial charge in [-0.3, -0.25) is 4.90 Å². The third kappa shape index (κ3) is 2.80. The van der Waals surface area contributed by atoms with E-state index in [0.717, 1.165) is 13.0 Å². The first kappa shape index (κ1) is 13.1. The molecule has 2 atom stereocenters. The number of nitrogens with zero attached hydrogens (tertiary/aromatic N) is 1. The number of halogens is 1. The summed E-state index contributed by atoms with van der Waals surface area (Å²) in [7, 11) is 1.98. The van der Waals surface area contributed by atoms with Crippen molar-refractivity contribution in [2.75, 3.05) is 13.6 Å². The van der Waals surface area contributed by atoms with Gasteiger partial charge in [0.25, 0.3) is 0 Å². The minimum atomic E-state index is -0.170. The monoisotopic (exact) mass is 224 g/mol. The summed E-state index contributed by atoms with van der Waals surface area (Å²) in [5.41, 5.74) is 6.78. The first-order chi connectivity index (χ1) is 7.61. The number of nitrogens with two attached hydrogens (primary N) is 1. The van der Waals surface area contributed by atoms with Crippen LogP contribution < -0.4 is 5.73 Å². The van der Waals surface area contributed by atoms with Crippen molar-refractivity contribution in [1.29, 1.82) is 0 Å². The maximum absolute atomic E-state index is 13.8.